The van der Waals surface area contributed by atoms with Crippen LogP contribution in [-0.4, -0.2) is 28.2 Å². The second-order valence-corrected chi connectivity index (χ2v) is 5.59. The van der Waals surface area contributed by atoms with Crippen LogP contribution in [0.1, 0.15) is 44.2 Å². The summed E-state index contributed by atoms with van der Waals surface area (Å²) in [5, 5.41) is 3.47. The summed E-state index contributed by atoms with van der Waals surface area (Å²) < 4.78 is 6.04. The van der Waals surface area contributed by atoms with Gasteiger partial charge in [-0.25, -0.2) is 9.97 Å². The fraction of sp³-hybridized carbons (Fsp3) is 0.714. The first-order valence-electron chi connectivity index (χ1n) is 6.96. The molecule has 0 radical (unpaired) electrons. The molecule has 0 bridgehead atoms. The molecule has 4 nitrogen and oxygen atoms in total. The molecule has 0 amide bonds. The minimum atomic E-state index is 0.153. The molecule has 1 aliphatic heterocycles. The van der Waals surface area contributed by atoms with Crippen LogP contribution < -0.4 is 5.32 Å². The van der Waals surface area contributed by atoms with E-state index in [1.165, 1.54) is 25.7 Å². The molecule has 0 aromatic carbocycles. The van der Waals surface area contributed by atoms with E-state index in [9.17, 15) is 0 Å². The molecule has 1 spiro atoms. The first-order chi connectivity index (χ1) is 8.76. The molecule has 2 fully saturated rings. The van der Waals surface area contributed by atoms with Gasteiger partial charge in [0.05, 0.1) is 5.60 Å². The Labute approximate surface area is 108 Å². The highest BCUT2D eigenvalue weighted by atomic mass is 16.5. The van der Waals surface area contributed by atoms with Crippen molar-refractivity contribution in [1.29, 1.82) is 0 Å². The average Bonchev–Trinajstić information content (AvgIpc) is 2.77. The molecule has 1 saturated heterocycles. The monoisotopic (exact) mass is 247 g/mol. The Kier molecular flexibility index (Phi) is 3.20. The van der Waals surface area contributed by atoms with Crippen LogP contribution in [0.15, 0.2) is 12.3 Å². The minimum Gasteiger partial charge on any atom is -0.375 e. The molecule has 0 unspecified atom stereocenters. The Morgan fingerprint density at radius 2 is 2.22 bits per heavy atom. The third-order valence-electron chi connectivity index (χ3n) is 4.14. The molecule has 4 heteroatoms. The molecule has 1 saturated carbocycles. The normalized spacial score (nSPS) is 26.4. The van der Waals surface area contributed by atoms with Gasteiger partial charge >= 0.3 is 0 Å². The average molecular weight is 247 g/mol. The SMILES string of the molecule is Cc1ccnc(N[C@H]2CCOC3(CCCC3)C2)n1. The molecule has 2 aliphatic rings. The fourth-order valence-corrected chi connectivity index (χ4v) is 3.22. The van der Waals surface area contributed by atoms with Crippen LogP contribution in [0.4, 0.5) is 5.95 Å². The molecule has 1 aromatic rings. The summed E-state index contributed by atoms with van der Waals surface area (Å²) in [5.41, 5.74) is 1.16. The molecule has 18 heavy (non-hydrogen) atoms. The van der Waals surface area contributed by atoms with E-state index in [0.717, 1.165) is 31.1 Å². The smallest absolute Gasteiger partial charge is 0.223 e. The fourth-order valence-electron chi connectivity index (χ4n) is 3.22. The Bertz CT molecular complexity index is 415. The summed E-state index contributed by atoms with van der Waals surface area (Å²) in [6.45, 7) is 2.86. The van der Waals surface area contributed by atoms with Crippen LogP contribution in [0.3, 0.4) is 0 Å². The predicted molar refractivity (Wildman–Crippen MR) is 70.6 cm³/mol. The van der Waals surface area contributed by atoms with Crippen LogP contribution in [-0.2, 0) is 4.74 Å². The number of aryl methyl sites for hydroxylation is 1. The lowest BCUT2D eigenvalue weighted by molar-refractivity contribution is -0.0767. The van der Waals surface area contributed by atoms with E-state index in [4.69, 9.17) is 4.74 Å². The first kappa shape index (κ1) is 11.9. The predicted octanol–water partition coefficient (Wildman–Crippen LogP) is 2.69. The van der Waals surface area contributed by atoms with Gasteiger partial charge in [-0.3, -0.25) is 0 Å². The zero-order valence-electron chi connectivity index (χ0n) is 11.0. The highest BCUT2D eigenvalue weighted by Crippen LogP contribution is 2.40. The van der Waals surface area contributed by atoms with Gasteiger partial charge in [0.1, 0.15) is 0 Å². The molecule has 1 aromatic heterocycles. The van der Waals surface area contributed by atoms with Crippen molar-refractivity contribution in [3.05, 3.63) is 18.0 Å². The lowest BCUT2D eigenvalue weighted by Crippen LogP contribution is -2.42. The van der Waals surface area contributed by atoms with Gasteiger partial charge in [0.2, 0.25) is 5.95 Å². The van der Waals surface area contributed by atoms with Crippen LogP contribution in [0.5, 0.6) is 0 Å². The number of rotatable bonds is 2. The zero-order chi connectivity index (χ0) is 12.4. The van der Waals surface area contributed by atoms with Crippen molar-refractivity contribution in [3.8, 4) is 0 Å². The molecule has 3 rings (SSSR count). The number of ether oxygens (including phenoxy) is 1. The van der Waals surface area contributed by atoms with Crippen molar-refractivity contribution in [3.63, 3.8) is 0 Å². The topological polar surface area (TPSA) is 47.0 Å². The van der Waals surface area contributed by atoms with Gasteiger partial charge in [-0.1, -0.05) is 12.8 Å². The van der Waals surface area contributed by atoms with Gasteiger partial charge < -0.3 is 10.1 Å². The minimum absolute atomic E-state index is 0.153. The number of nitrogens with one attached hydrogen (secondary N) is 1. The molecule has 98 valence electrons. The summed E-state index contributed by atoms with van der Waals surface area (Å²) in [7, 11) is 0. The van der Waals surface area contributed by atoms with Crippen LogP contribution >= 0.6 is 0 Å². The molecular formula is C14H21N3O. The van der Waals surface area contributed by atoms with Crippen molar-refractivity contribution >= 4 is 5.95 Å². The zero-order valence-corrected chi connectivity index (χ0v) is 11.0. The number of hydrogen-bond acceptors (Lipinski definition) is 4. The second-order valence-electron chi connectivity index (χ2n) is 5.59. The Morgan fingerprint density at radius 3 is 3.00 bits per heavy atom. The number of hydrogen-bond donors (Lipinski definition) is 1. The van der Waals surface area contributed by atoms with Gasteiger partial charge in [-0.2, -0.15) is 0 Å². The number of anilines is 1. The van der Waals surface area contributed by atoms with Gasteiger partial charge in [0, 0.05) is 24.5 Å². The summed E-state index contributed by atoms with van der Waals surface area (Å²) in [6.07, 6.45) is 9.04. The highest BCUT2D eigenvalue weighted by Gasteiger charge is 2.39. The highest BCUT2D eigenvalue weighted by molar-refractivity contribution is 5.27. The van der Waals surface area contributed by atoms with Crippen molar-refractivity contribution in [2.75, 3.05) is 11.9 Å². The molecule has 2 heterocycles. The van der Waals surface area contributed by atoms with E-state index in [1.807, 2.05) is 19.2 Å². The maximum atomic E-state index is 6.04. The third kappa shape index (κ3) is 2.48. The Morgan fingerprint density at radius 1 is 1.39 bits per heavy atom. The van der Waals surface area contributed by atoms with Crippen molar-refractivity contribution < 1.29 is 4.74 Å². The van der Waals surface area contributed by atoms with Crippen molar-refractivity contribution in [2.24, 2.45) is 0 Å². The third-order valence-corrected chi connectivity index (χ3v) is 4.14. The van der Waals surface area contributed by atoms with E-state index in [-0.39, 0.29) is 5.60 Å². The molecular weight excluding hydrogens is 226 g/mol. The summed E-state index contributed by atoms with van der Waals surface area (Å²) in [6, 6.07) is 2.38. The van der Waals surface area contributed by atoms with E-state index >= 15 is 0 Å². The molecule has 1 atom stereocenters. The van der Waals surface area contributed by atoms with Crippen molar-refractivity contribution in [1.82, 2.24) is 9.97 Å². The van der Waals surface area contributed by atoms with E-state index < -0.39 is 0 Å². The van der Waals surface area contributed by atoms with Crippen LogP contribution in [0, 0.1) is 6.92 Å². The van der Waals surface area contributed by atoms with Crippen molar-refractivity contribution in [2.45, 2.75) is 57.1 Å². The number of nitrogens with zero attached hydrogens (tertiary/aromatic N) is 2. The molecule has 1 N–H and O–H groups in total. The van der Waals surface area contributed by atoms with Crippen LogP contribution in [0.25, 0.3) is 0 Å². The molecule has 1 aliphatic carbocycles. The van der Waals surface area contributed by atoms with Gasteiger partial charge in [0.25, 0.3) is 0 Å². The standard InChI is InChI=1S/C14H21N3O/c1-11-4-8-15-13(16-11)17-12-5-9-18-14(10-12)6-2-3-7-14/h4,8,12H,2-3,5-7,9-10H2,1H3,(H,15,16,17)/t12-/m0/s1. The number of aromatic nitrogens is 2. The maximum absolute atomic E-state index is 6.04. The maximum Gasteiger partial charge on any atom is 0.223 e. The van der Waals surface area contributed by atoms with Gasteiger partial charge in [-0.15, -0.1) is 0 Å². The van der Waals surface area contributed by atoms with Gasteiger partial charge in [-0.05, 0) is 38.7 Å². The summed E-state index contributed by atoms with van der Waals surface area (Å²) in [4.78, 5) is 8.70. The van der Waals surface area contributed by atoms with E-state index in [1.54, 1.807) is 0 Å². The van der Waals surface area contributed by atoms with Gasteiger partial charge in [0.15, 0.2) is 0 Å². The largest absolute Gasteiger partial charge is 0.375 e. The lowest BCUT2D eigenvalue weighted by atomic mass is 9.89. The summed E-state index contributed by atoms with van der Waals surface area (Å²) in [5.74, 6) is 0.759. The lowest BCUT2D eigenvalue weighted by Gasteiger charge is -2.38. The van der Waals surface area contributed by atoms with E-state index in [0.29, 0.717) is 6.04 Å². The Balaban J connectivity index is 1.66. The summed E-state index contributed by atoms with van der Waals surface area (Å²) >= 11 is 0. The van der Waals surface area contributed by atoms with Crippen LogP contribution in [0.2, 0.25) is 0 Å². The second kappa shape index (κ2) is 4.84. The first-order valence-corrected chi connectivity index (χ1v) is 6.96. The van der Waals surface area contributed by atoms with E-state index in [2.05, 4.69) is 15.3 Å². The quantitative estimate of drug-likeness (QED) is 0.873. The Hall–Kier alpha value is -1.16.